The van der Waals surface area contributed by atoms with Crippen molar-refractivity contribution in [2.75, 3.05) is 7.11 Å². The van der Waals surface area contributed by atoms with E-state index in [1.54, 1.807) is 16.9 Å². The van der Waals surface area contributed by atoms with Crippen LogP contribution in [0, 0.1) is 0 Å². The van der Waals surface area contributed by atoms with Crippen LogP contribution in [0.1, 0.15) is 16.1 Å². The van der Waals surface area contributed by atoms with Crippen molar-refractivity contribution in [3.63, 3.8) is 0 Å². The lowest BCUT2D eigenvalue weighted by molar-refractivity contribution is 0.111. The van der Waals surface area contributed by atoms with Gasteiger partial charge >= 0.3 is 0 Å². The molecular formula is C12H14N2O2. The van der Waals surface area contributed by atoms with E-state index in [1.165, 1.54) is 0 Å². The van der Waals surface area contributed by atoms with E-state index in [9.17, 15) is 4.79 Å². The van der Waals surface area contributed by atoms with Gasteiger partial charge in [0, 0.05) is 13.3 Å². The molecule has 0 aliphatic heterocycles. The smallest absolute Gasteiger partial charge is 0.168 e. The zero-order valence-corrected chi connectivity index (χ0v) is 9.08. The highest BCUT2D eigenvalue weighted by Gasteiger charge is 2.00. The van der Waals surface area contributed by atoms with E-state index < -0.39 is 0 Å². The average Bonchev–Trinajstić information content (AvgIpc) is 2.80. The zero-order valence-electron chi connectivity index (χ0n) is 9.08. The first-order chi connectivity index (χ1) is 7.90. The Morgan fingerprint density at radius 1 is 1.25 bits per heavy atom. The van der Waals surface area contributed by atoms with E-state index in [0.717, 1.165) is 19.0 Å². The van der Waals surface area contributed by atoms with Crippen LogP contribution in [0.3, 0.4) is 0 Å². The van der Waals surface area contributed by atoms with Crippen molar-refractivity contribution in [3.8, 4) is 0 Å². The van der Waals surface area contributed by atoms with E-state index in [-0.39, 0.29) is 0 Å². The summed E-state index contributed by atoms with van der Waals surface area (Å²) in [6.07, 6.45) is 2.45. The van der Waals surface area contributed by atoms with Crippen LogP contribution in [0.2, 0.25) is 0 Å². The predicted molar refractivity (Wildman–Crippen MR) is 61.3 cm³/mol. The monoisotopic (exact) mass is 218 g/mol. The quantitative estimate of drug-likeness (QED) is 0.791. The standard InChI is InChI=1S/C11H10N2O.CH4O/c14-9-11-6-7-12-13(11)8-10-4-2-1-3-5-10;1-2/h1-7,9H,8H2;2H,1H3. The molecule has 1 aromatic heterocycles. The summed E-state index contributed by atoms with van der Waals surface area (Å²) in [4.78, 5) is 10.6. The molecule has 0 spiro atoms. The van der Waals surface area contributed by atoms with E-state index >= 15 is 0 Å². The summed E-state index contributed by atoms with van der Waals surface area (Å²) in [5.74, 6) is 0. The molecule has 0 saturated heterocycles. The van der Waals surface area contributed by atoms with Gasteiger partial charge in [-0.3, -0.25) is 9.48 Å². The van der Waals surface area contributed by atoms with Gasteiger partial charge in [0.2, 0.25) is 0 Å². The Hall–Kier alpha value is -1.94. The number of hydrogen-bond donors (Lipinski definition) is 1. The normalized spacial score (nSPS) is 9.12. The molecule has 0 fully saturated rings. The third-order valence-corrected chi connectivity index (χ3v) is 2.05. The topological polar surface area (TPSA) is 55.1 Å². The molecule has 2 aromatic rings. The number of benzene rings is 1. The summed E-state index contributed by atoms with van der Waals surface area (Å²) in [7, 11) is 1.00. The number of carbonyl (C=O) groups is 1. The molecule has 4 heteroatoms. The van der Waals surface area contributed by atoms with Gasteiger partial charge in [0.25, 0.3) is 0 Å². The second-order valence-corrected chi connectivity index (χ2v) is 3.02. The van der Waals surface area contributed by atoms with Gasteiger partial charge in [-0.25, -0.2) is 0 Å². The number of rotatable bonds is 3. The lowest BCUT2D eigenvalue weighted by Crippen LogP contribution is -2.05. The fraction of sp³-hybridized carbons (Fsp3) is 0.167. The first-order valence-corrected chi connectivity index (χ1v) is 4.86. The largest absolute Gasteiger partial charge is 0.400 e. The molecule has 0 radical (unpaired) electrons. The van der Waals surface area contributed by atoms with Crippen LogP contribution in [0.15, 0.2) is 42.6 Å². The van der Waals surface area contributed by atoms with Gasteiger partial charge in [0.15, 0.2) is 6.29 Å². The van der Waals surface area contributed by atoms with Crippen molar-refractivity contribution < 1.29 is 9.90 Å². The third kappa shape index (κ3) is 3.03. The van der Waals surface area contributed by atoms with Gasteiger partial charge in [-0.05, 0) is 11.6 Å². The fourth-order valence-electron chi connectivity index (χ4n) is 1.33. The molecule has 1 N–H and O–H groups in total. The highest BCUT2D eigenvalue weighted by molar-refractivity contribution is 5.71. The predicted octanol–water partition coefficient (Wildman–Crippen LogP) is 1.35. The van der Waals surface area contributed by atoms with Gasteiger partial charge in [-0.15, -0.1) is 0 Å². The van der Waals surface area contributed by atoms with Gasteiger partial charge in [0.05, 0.1) is 6.54 Å². The average molecular weight is 218 g/mol. The maximum Gasteiger partial charge on any atom is 0.168 e. The summed E-state index contributed by atoms with van der Waals surface area (Å²) < 4.78 is 1.68. The molecule has 2 rings (SSSR count). The van der Waals surface area contributed by atoms with E-state index in [0.29, 0.717) is 12.2 Å². The SMILES string of the molecule is CO.O=Cc1ccnn1Cc1ccccc1. The highest BCUT2D eigenvalue weighted by Crippen LogP contribution is 2.03. The molecule has 16 heavy (non-hydrogen) atoms. The Kier molecular flexibility index (Phi) is 4.95. The lowest BCUT2D eigenvalue weighted by Gasteiger charge is -2.02. The van der Waals surface area contributed by atoms with Crippen molar-refractivity contribution in [1.29, 1.82) is 0 Å². The van der Waals surface area contributed by atoms with Crippen molar-refractivity contribution in [3.05, 3.63) is 53.9 Å². The number of aromatic nitrogens is 2. The lowest BCUT2D eigenvalue weighted by atomic mass is 10.2. The first kappa shape index (κ1) is 12.1. The number of nitrogens with zero attached hydrogens (tertiary/aromatic N) is 2. The fourth-order valence-corrected chi connectivity index (χ4v) is 1.33. The Balaban J connectivity index is 0.000000606. The Morgan fingerprint density at radius 2 is 1.94 bits per heavy atom. The Labute approximate surface area is 94.2 Å². The molecule has 4 nitrogen and oxygen atoms in total. The molecule has 0 atom stereocenters. The van der Waals surface area contributed by atoms with Gasteiger partial charge < -0.3 is 5.11 Å². The molecule has 0 bridgehead atoms. The van der Waals surface area contributed by atoms with E-state index in [1.807, 2.05) is 30.3 Å². The van der Waals surface area contributed by atoms with Crippen molar-refractivity contribution >= 4 is 6.29 Å². The minimum Gasteiger partial charge on any atom is -0.400 e. The van der Waals surface area contributed by atoms with Crippen LogP contribution in [0.4, 0.5) is 0 Å². The van der Waals surface area contributed by atoms with Crippen LogP contribution < -0.4 is 0 Å². The zero-order chi connectivity index (χ0) is 11.8. The maximum absolute atomic E-state index is 10.6. The minimum absolute atomic E-state index is 0.605. The molecule has 84 valence electrons. The summed E-state index contributed by atoms with van der Waals surface area (Å²) in [6, 6.07) is 11.6. The van der Waals surface area contributed by atoms with Crippen LogP contribution in [0.5, 0.6) is 0 Å². The van der Waals surface area contributed by atoms with Crippen molar-refractivity contribution in [2.24, 2.45) is 0 Å². The summed E-state index contributed by atoms with van der Waals surface area (Å²) >= 11 is 0. The van der Waals surface area contributed by atoms with Crippen molar-refractivity contribution in [1.82, 2.24) is 9.78 Å². The Bertz CT molecular complexity index is 424. The van der Waals surface area contributed by atoms with Crippen molar-refractivity contribution in [2.45, 2.75) is 6.54 Å². The molecule has 1 aromatic carbocycles. The third-order valence-electron chi connectivity index (χ3n) is 2.05. The highest BCUT2D eigenvalue weighted by atomic mass is 16.2. The van der Waals surface area contributed by atoms with Crippen LogP contribution in [0.25, 0.3) is 0 Å². The summed E-state index contributed by atoms with van der Waals surface area (Å²) in [5.41, 5.74) is 1.74. The van der Waals surface area contributed by atoms with Gasteiger partial charge in [-0.2, -0.15) is 5.10 Å². The van der Waals surface area contributed by atoms with Gasteiger partial charge in [0.1, 0.15) is 5.69 Å². The summed E-state index contributed by atoms with van der Waals surface area (Å²) in [6.45, 7) is 0.641. The molecule has 0 amide bonds. The molecule has 1 heterocycles. The molecular weight excluding hydrogens is 204 g/mol. The summed E-state index contributed by atoms with van der Waals surface area (Å²) in [5, 5.41) is 11.1. The number of aliphatic hydroxyl groups is 1. The van der Waals surface area contributed by atoms with Crippen LogP contribution in [-0.4, -0.2) is 28.3 Å². The molecule has 0 aliphatic rings. The molecule has 0 aliphatic carbocycles. The number of hydrogen-bond acceptors (Lipinski definition) is 3. The van der Waals surface area contributed by atoms with E-state index in [2.05, 4.69) is 5.10 Å². The number of aliphatic hydroxyl groups excluding tert-OH is 1. The van der Waals surface area contributed by atoms with Crippen LogP contribution >= 0.6 is 0 Å². The first-order valence-electron chi connectivity index (χ1n) is 4.86. The second kappa shape index (κ2) is 6.53. The van der Waals surface area contributed by atoms with E-state index in [4.69, 9.17) is 5.11 Å². The minimum atomic E-state index is 0.605. The maximum atomic E-state index is 10.6. The number of aldehydes is 1. The molecule has 0 saturated carbocycles. The Morgan fingerprint density at radius 3 is 2.56 bits per heavy atom. The second-order valence-electron chi connectivity index (χ2n) is 3.02. The number of carbonyl (C=O) groups excluding carboxylic acids is 1. The molecule has 0 unspecified atom stereocenters. The van der Waals surface area contributed by atoms with Crippen LogP contribution in [-0.2, 0) is 6.54 Å². The van der Waals surface area contributed by atoms with Gasteiger partial charge in [-0.1, -0.05) is 30.3 Å².